The Morgan fingerprint density at radius 3 is 2.84 bits per heavy atom. The number of rotatable bonds is 6. The van der Waals surface area contributed by atoms with Crippen LogP contribution < -0.4 is 11.1 Å². The first kappa shape index (κ1) is 21.4. The minimum Gasteiger partial charge on any atom is -0.382 e. The van der Waals surface area contributed by atoms with E-state index in [0.29, 0.717) is 5.02 Å². The summed E-state index contributed by atoms with van der Waals surface area (Å²) in [5.41, 5.74) is 7.45. The molecule has 0 saturated carbocycles. The number of nitrogen functional groups attached to an aromatic ring is 1. The SMILES string of the molecule is CC(NC(=O)c1cnc(N)cn1)c1cc2cccc(Cl)c2c(CCN2CCOCC2)n1. The van der Waals surface area contributed by atoms with Crippen molar-refractivity contribution in [3.8, 4) is 0 Å². The maximum atomic E-state index is 12.6. The highest BCUT2D eigenvalue weighted by Gasteiger charge is 2.18. The van der Waals surface area contributed by atoms with E-state index in [-0.39, 0.29) is 23.5 Å². The molecule has 1 amide bonds. The molecule has 3 aromatic rings. The molecule has 1 aliphatic rings. The van der Waals surface area contributed by atoms with Crippen LogP contribution in [0.1, 0.15) is 34.8 Å². The van der Waals surface area contributed by atoms with E-state index < -0.39 is 0 Å². The number of benzene rings is 1. The van der Waals surface area contributed by atoms with E-state index in [4.69, 9.17) is 27.1 Å². The molecular weight excluding hydrogens is 416 g/mol. The van der Waals surface area contributed by atoms with Crippen molar-refractivity contribution in [2.24, 2.45) is 0 Å². The average Bonchev–Trinajstić information content (AvgIpc) is 2.78. The fourth-order valence-corrected chi connectivity index (χ4v) is 3.95. The van der Waals surface area contributed by atoms with Crippen molar-refractivity contribution >= 4 is 34.1 Å². The van der Waals surface area contributed by atoms with Gasteiger partial charge < -0.3 is 15.8 Å². The summed E-state index contributed by atoms with van der Waals surface area (Å²) >= 11 is 6.52. The van der Waals surface area contributed by atoms with E-state index in [1.807, 2.05) is 31.2 Å². The van der Waals surface area contributed by atoms with Crippen LogP contribution in [-0.2, 0) is 11.2 Å². The minimum atomic E-state index is -0.331. The van der Waals surface area contributed by atoms with E-state index in [1.165, 1.54) is 12.4 Å². The molecule has 4 rings (SSSR count). The van der Waals surface area contributed by atoms with E-state index in [0.717, 1.165) is 61.4 Å². The van der Waals surface area contributed by atoms with Gasteiger partial charge in [-0.3, -0.25) is 14.7 Å². The summed E-state index contributed by atoms with van der Waals surface area (Å²) < 4.78 is 5.44. The summed E-state index contributed by atoms with van der Waals surface area (Å²) in [7, 11) is 0. The first-order valence-electron chi connectivity index (χ1n) is 10.3. The number of nitrogens with one attached hydrogen (secondary N) is 1. The van der Waals surface area contributed by atoms with Crippen LogP contribution >= 0.6 is 11.6 Å². The lowest BCUT2D eigenvalue weighted by molar-refractivity contribution is 0.0384. The number of amides is 1. The van der Waals surface area contributed by atoms with Crippen LogP contribution in [0.5, 0.6) is 0 Å². The topological polar surface area (TPSA) is 106 Å². The van der Waals surface area contributed by atoms with Gasteiger partial charge in [0.25, 0.3) is 5.91 Å². The molecule has 1 aliphatic heterocycles. The fourth-order valence-electron chi connectivity index (χ4n) is 3.66. The molecule has 2 aromatic heterocycles. The summed E-state index contributed by atoms with van der Waals surface area (Å²) in [6.07, 6.45) is 3.48. The number of hydrogen-bond acceptors (Lipinski definition) is 7. The predicted octanol–water partition coefficient (Wildman–Crippen LogP) is 2.63. The molecule has 31 heavy (non-hydrogen) atoms. The number of carbonyl (C=O) groups is 1. The molecule has 9 heteroatoms. The van der Waals surface area contributed by atoms with Crippen molar-refractivity contribution in [3.05, 3.63) is 58.8 Å². The third-order valence-electron chi connectivity index (χ3n) is 5.37. The van der Waals surface area contributed by atoms with Crippen molar-refractivity contribution in [2.75, 3.05) is 38.6 Å². The first-order chi connectivity index (χ1) is 15.0. The monoisotopic (exact) mass is 440 g/mol. The Balaban J connectivity index is 1.58. The number of nitrogens with zero attached hydrogens (tertiary/aromatic N) is 4. The lowest BCUT2D eigenvalue weighted by atomic mass is 10.0. The average molecular weight is 441 g/mol. The minimum absolute atomic E-state index is 0.206. The maximum Gasteiger partial charge on any atom is 0.272 e. The zero-order valence-corrected chi connectivity index (χ0v) is 18.1. The standard InChI is InChI=1S/C22H25ClN6O2/c1-14(27-22(30)19-12-26-20(24)13-25-19)18-11-15-3-2-4-16(23)21(15)17(28-18)5-6-29-7-9-31-10-8-29/h2-4,11-14H,5-10H2,1H3,(H2,24,26)(H,27,30). The number of ether oxygens (including phenoxy) is 1. The molecule has 3 N–H and O–H groups in total. The van der Waals surface area contributed by atoms with Gasteiger partial charge in [0.1, 0.15) is 11.5 Å². The van der Waals surface area contributed by atoms with Gasteiger partial charge >= 0.3 is 0 Å². The molecule has 0 radical (unpaired) electrons. The summed E-state index contributed by atoms with van der Waals surface area (Å²) in [4.78, 5) is 27.8. The molecule has 3 heterocycles. The number of anilines is 1. The van der Waals surface area contributed by atoms with Crippen molar-refractivity contribution in [1.82, 2.24) is 25.2 Å². The summed E-state index contributed by atoms with van der Waals surface area (Å²) in [5, 5.41) is 5.59. The van der Waals surface area contributed by atoms with Crippen LogP contribution in [-0.4, -0.2) is 58.6 Å². The maximum absolute atomic E-state index is 12.6. The number of pyridine rings is 1. The molecule has 1 unspecified atom stereocenters. The van der Waals surface area contributed by atoms with Gasteiger partial charge in [-0.25, -0.2) is 9.97 Å². The van der Waals surface area contributed by atoms with Crippen LogP contribution in [0, 0.1) is 0 Å². The quantitative estimate of drug-likeness (QED) is 0.606. The normalized spacial score (nSPS) is 15.7. The van der Waals surface area contributed by atoms with Crippen molar-refractivity contribution in [1.29, 1.82) is 0 Å². The van der Waals surface area contributed by atoms with Gasteiger partial charge in [-0.1, -0.05) is 23.7 Å². The number of hydrogen-bond donors (Lipinski definition) is 2. The second-order valence-corrected chi connectivity index (χ2v) is 7.96. The molecule has 1 aromatic carbocycles. The van der Waals surface area contributed by atoms with Gasteiger partial charge in [-0.2, -0.15) is 0 Å². The number of morpholine rings is 1. The van der Waals surface area contributed by atoms with Crippen molar-refractivity contribution in [3.63, 3.8) is 0 Å². The molecule has 8 nitrogen and oxygen atoms in total. The van der Waals surface area contributed by atoms with Gasteiger partial charge in [-0.15, -0.1) is 0 Å². The summed E-state index contributed by atoms with van der Waals surface area (Å²) in [6.45, 7) is 6.12. The zero-order chi connectivity index (χ0) is 21.8. The van der Waals surface area contributed by atoms with Crippen molar-refractivity contribution < 1.29 is 9.53 Å². The van der Waals surface area contributed by atoms with Gasteiger partial charge in [0, 0.05) is 31.4 Å². The van der Waals surface area contributed by atoms with Crippen LogP contribution in [0.2, 0.25) is 5.02 Å². The van der Waals surface area contributed by atoms with E-state index in [1.54, 1.807) is 0 Å². The molecule has 1 fully saturated rings. The Kier molecular flexibility index (Phi) is 6.60. The van der Waals surface area contributed by atoms with E-state index in [2.05, 4.69) is 20.2 Å². The number of halogens is 1. The Hall–Kier alpha value is -2.81. The molecular formula is C22H25ClN6O2. The Labute approximate surface area is 185 Å². The molecule has 0 aliphatic carbocycles. The van der Waals surface area contributed by atoms with Crippen LogP contribution in [0.25, 0.3) is 10.8 Å². The van der Waals surface area contributed by atoms with Crippen LogP contribution in [0.4, 0.5) is 5.82 Å². The molecule has 1 atom stereocenters. The van der Waals surface area contributed by atoms with E-state index >= 15 is 0 Å². The second kappa shape index (κ2) is 9.55. The zero-order valence-electron chi connectivity index (χ0n) is 17.3. The fraction of sp³-hybridized carbons (Fsp3) is 0.364. The van der Waals surface area contributed by atoms with E-state index in [9.17, 15) is 4.79 Å². The highest BCUT2D eigenvalue weighted by Crippen LogP contribution is 2.29. The smallest absolute Gasteiger partial charge is 0.272 e. The van der Waals surface area contributed by atoms with Gasteiger partial charge in [0.2, 0.25) is 0 Å². The van der Waals surface area contributed by atoms with Gasteiger partial charge in [0.15, 0.2) is 0 Å². The van der Waals surface area contributed by atoms with Gasteiger partial charge in [-0.05, 0) is 24.4 Å². The van der Waals surface area contributed by atoms with Crippen LogP contribution in [0.15, 0.2) is 36.7 Å². The number of nitrogens with two attached hydrogens (primary N) is 1. The summed E-state index contributed by atoms with van der Waals surface area (Å²) in [5.74, 6) is -0.0644. The highest BCUT2D eigenvalue weighted by atomic mass is 35.5. The number of carbonyl (C=O) groups excluding carboxylic acids is 1. The predicted molar refractivity (Wildman–Crippen MR) is 120 cm³/mol. The summed E-state index contributed by atoms with van der Waals surface area (Å²) in [6, 6.07) is 7.48. The largest absolute Gasteiger partial charge is 0.382 e. The molecule has 162 valence electrons. The highest BCUT2D eigenvalue weighted by molar-refractivity contribution is 6.35. The number of fused-ring (bicyclic) bond motifs is 1. The lowest BCUT2D eigenvalue weighted by Gasteiger charge is -2.26. The molecule has 1 saturated heterocycles. The Bertz CT molecular complexity index is 1070. The molecule has 0 spiro atoms. The lowest BCUT2D eigenvalue weighted by Crippen LogP contribution is -2.37. The number of aromatic nitrogens is 3. The molecule has 0 bridgehead atoms. The van der Waals surface area contributed by atoms with Crippen LogP contribution in [0.3, 0.4) is 0 Å². The van der Waals surface area contributed by atoms with Gasteiger partial charge in [0.05, 0.1) is 48.1 Å². The first-order valence-corrected chi connectivity index (χ1v) is 10.7. The Morgan fingerprint density at radius 1 is 1.29 bits per heavy atom. The Morgan fingerprint density at radius 2 is 2.10 bits per heavy atom. The van der Waals surface area contributed by atoms with Crippen molar-refractivity contribution in [2.45, 2.75) is 19.4 Å². The third-order valence-corrected chi connectivity index (χ3v) is 5.68. The second-order valence-electron chi connectivity index (χ2n) is 7.56. The third kappa shape index (κ3) is 5.10.